The molecule has 0 fully saturated rings. The lowest BCUT2D eigenvalue weighted by molar-refractivity contribution is 0.631. The van der Waals surface area contributed by atoms with Gasteiger partial charge in [-0.05, 0) is 154 Å². The average Bonchev–Trinajstić information content (AvgIpc) is 3.86. The maximum atomic E-state index is 6.20. The maximum Gasteiger partial charge on any atom is 0.135 e. The fraction of sp³-hybridized carbons (Fsp3) is 0. The molecule has 13 rings (SSSR count). The number of nitrogens with zero attached hydrogens (tertiary/aromatic N) is 1. The summed E-state index contributed by atoms with van der Waals surface area (Å²) in [7, 11) is 0. The van der Waals surface area contributed by atoms with E-state index < -0.39 is 0 Å². The molecule has 13 aromatic rings. The van der Waals surface area contributed by atoms with E-state index in [0.29, 0.717) is 0 Å². The lowest BCUT2D eigenvalue weighted by Crippen LogP contribution is -2.09. The van der Waals surface area contributed by atoms with E-state index in [1.807, 2.05) is 18.2 Å². The molecule has 2 heteroatoms. The van der Waals surface area contributed by atoms with Crippen molar-refractivity contribution in [1.29, 1.82) is 0 Å². The first-order valence-corrected chi connectivity index (χ1v) is 23.3. The summed E-state index contributed by atoms with van der Waals surface area (Å²) in [4.78, 5) is 2.36. The highest BCUT2D eigenvalue weighted by Crippen LogP contribution is 2.40. The van der Waals surface area contributed by atoms with Crippen molar-refractivity contribution in [3.8, 4) is 55.8 Å². The summed E-state index contributed by atoms with van der Waals surface area (Å²) in [5.74, 6) is 0.878. The van der Waals surface area contributed by atoms with Crippen LogP contribution >= 0.6 is 0 Å². The molecule has 12 aromatic carbocycles. The van der Waals surface area contributed by atoms with Gasteiger partial charge in [0.25, 0.3) is 0 Å². The number of para-hydroxylation sites is 1. The Bertz CT molecular complexity index is 3800. The molecule has 1 aromatic heterocycles. The lowest BCUT2D eigenvalue weighted by Gasteiger charge is -2.26. The summed E-state index contributed by atoms with van der Waals surface area (Å²) in [5, 5.41) is 11.3. The van der Waals surface area contributed by atoms with E-state index in [1.165, 1.54) is 70.9 Å². The van der Waals surface area contributed by atoms with Gasteiger partial charge in [0.15, 0.2) is 0 Å². The molecule has 0 aliphatic carbocycles. The lowest BCUT2D eigenvalue weighted by atomic mass is 9.97. The molecule has 0 unspecified atom stereocenters. The maximum absolute atomic E-state index is 6.20. The second-order valence-electron chi connectivity index (χ2n) is 17.7. The Labute approximate surface area is 395 Å². The van der Waals surface area contributed by atoms with Gasteiger partial charge in [-0.2, -0.15) is 0 Å². The Kier molecular flexibility index (Phi) is 9.54. The molecule has 2 nitrogen and oxygen atoms in total. The quantitative estimate of drug-likeness (QED) is 0.142. The minimum Gasteiger partial charge on any atom is -0.456 e. The number of fused-ring (bicyclic) bond motifs is 7. The van der Waals surface area contributed by atoms with E-state index in [9.17, 15) is 0 Å². The van der Waals surface area contributed by atoms with E-state index in [1.54, 1.807) is 0 Å². The van der Waals surface area contributed by atoms with Gasteiger partial charge in [0.2, 0.25) is 0 Å². The van der Waals surface area contributed by atoms with Crippen LogP contribution in [0.2, 0.25) is 0 Å². The fourth-order valence-corrected chi connectivity index (χ4v) is 10.1. The Balaban J connectivity index is 0.818. The molecule has 0 saturated carbocycles. The molecule has 68 heavy (non-hydrogen) atoms. The highest BCUT2D eigenvalue weighted by atomic mass is 16.3. The van der Waals surface area contributed by atoms with Crippen LogP contribution in [0.15, 0.2) is 265 Å². The van der Waals surface area contributed by atoms with Crippen molar-refractivity contribution in [3.63, 3.8) is 0 Å². The van der Waals surface area contributed by atoms with Gasteiger partial charge in [0.05, 0.1) is 0 Å². The molecular weight excluding hydrogens is 823 g/mol. The number of furan rings is 1. The zero-order valence-electron chi connectivity index (χ0n) is 37.2. The molecule has 0 amide bonds. The largest absolute Gasteiger partial charge is 0.456 e. The first kappa shape index (κ1) is 39.4. The normalized spacial score (nSPS) is 11.5. The zero-order valence-corrected chi connectivity index (χ0v) is 37.2. The van der Waals surface area contributed by atoms with Gasteiger partial charge in [-0.25, -0.2) is 0 Å². The highest BCUT2D eigenvalue weighted by Gasteiger charge is 2.15. The van der Waals surface area contributed by atoms with Crippen LogP contribution in [-0.4, -0.2) is 0 Å². The van der Waals surface area contributed by atoms with Crippen LogP contribution in [0.5, 0.6) is 0 Å². The number of hydrogen-bond acceptors (Lipinski definition) is 2. The first-order valence-electron chi connectivity index (χ1n) is 23.3. The monoisotopic (exact) mass is 865 g/mol. The third-order valence-electron chi connectivity index (χ3n) is 13.7. The second-order valence-corrected chi connectivity index (χ2v) is 17.7. The van der Waals surface area contributed by atoms with Crippen molar-refractivity contribution in [2.45, 2.75) is 0 Å². The van der Waals surface area contributed by atoms with Crippen molar-refractivity contribution in [2.75, 3.05) is 4.90 Å². The first-order chi connectivity index (χ1) is 33.6. The molecule has 0 radical (unpaired) electrons. The molecule has 0 bridgehead atoms. The summed E-state index contributed by atoms with van der Waals surface area (Å²) in [6.45, 7) is 0. The van der Waals surface area contributed by atoms with Crippen LogP contribution in [-0.2, 0) is 0 Å². The molecule has 1 heterocycles. The van der Waals surface area contributed by atoms with Gasteiger partial charge < -0.3 is 9.32 Å². The van der Waals surface area contributed by atoms with Crippen molar-refractivity contribution in [1.82, 2.24) is 0 Å². The minimum atomic E-state index is 0.878. The summed E-state index contributed by atoms with van der Waals surface area (Å²) in [6.07, 6.45) is 0. The van der Waals surface area contributed by atoms with Crippen LogP contribution < -0.4 is 4.90 Å². The zero-order chi connectivity index (χ0) is 45.0. The Hall–Kier alpha value is -8.98. The Morgan fingerprint density at radius 3 is 1.09 bits per heavy atom. The molecule has 0 spiro atoms. The van der Waals surface area contributed by atoms with Crippen LogP contribution in [0.3, 0.4) is 0 Å². The van der Waals surface area contributed by atoms with Gasteiger partial charge >= 0.3 is 0 Å². The molecule has 0 N–H and O–H groups in total. The number of hydrogen-bond donors (Lipinski definition) is 0. The summed E-state index contributed by atoms with van der Waals surface area (Å²) in [5.41, 5.74) is 14.7. The third kappa shape index (κ3) is 7.17. The molecular formula is C66H43NO. The standard InChI is InChI=1S/C66H43NO/c1-4-13-61-49(8-1)20-22-54-40-52(30-38-63(54)61)47-26-34-59(35-27-47)67(60-36-28-48(29-37-60)53-31-39-64-55(41-53)23-21-50-9-2-5-14-62(50)64)58-32-24-45(25-33-58)44-16-18-46(19-17-44)51-11-7-12-56(42-51)66-43-57-10-3-6-15-65(57)68-66/h1-43H. The van der Waals surface area contributed by atoms with Crippen LogP contribution in [0.1, 0.15) is 0 Å². The molecule has 0 atom stereocenters. The molecule has 0 aliphatic rings. The van der Waals surface area contributed by atoms with Crippen molar-refractivity contribution in [3.05, 3.63) is 261 Å². The summed E-state index contributed by atoms with van der Waals surface area (Å²) in [6, 6.07) is 94.5. The van der Waals surface area contributed by atoms with Gasteiger partial charge in [-0.1, -0.05) is 194 Å². The third-order valence-corrected chi connectivity index (χ3v) is 13.7. The van der Waals surface area contributed by atoms with Gasteiger partial charge in [-0.3, -0.25) is 0 Å². The minimum absolute atomic E-state index is 0.878. The van der Waals surface area contributed by atoms with Crippen molar-refractivity contribution < 1.29 is 4.42 Å². The number of rotatable bonds is 8. The van der Waals surface area contributed by atoms with E-state index in [2.05, 4.69) is 248 Å². The molecule has 318 valence electrons. The summed E-state index contributed by atoms with van der Waals surface area (Å²) >= 11 is 0. The molecule has 0 aliphatic heterocycles. The Morgan fingerprint density at radius 2 is 0.588 bits per heavy atom. The van der Waals surface area contributed by atoms with E-state index in [-0.39, 0.29) is 0 Å². The smallest absolute Gasteiger partial charge is 0.135 e. The van der Waals surface area contributed by atoms with Crippen LogP contribution in [0.25, 0.3) is 110 Å². The SMILES string of the molecule is c1cc(-c2ccc(-c3ccc(N(c4ccc(-c5ccc6c(ccc7ccccc76)c5)cc4)c4ccc(-c5ccc6c(ccc7ccccc76)c5)cc4)cc3)cc2)cc(-c2cc3ccccc3o2)c1. The van der Waals surface area contributed by atoms with Crippen LogP contribution in [0, 0.1) is 0 Å². The van der Waals surface area contributed by atoms with Gasteiger partial charge in [0.1, 0.15) is 11.3 Å². The van der Waals surface area contributed by atoms with E-state index in [4.69, 9.17) is 4.42 Å². The van der Waals surface area contributed by atoms with Crippen molar-refractivity contribution in [2.24, 2.45) is 0 Å². The molecule has 0 saturated heterocycles. The highest BCUT2D eigenvalue weighted by molar-refractivity contribution is 6.09. The predicted molar refractivity (Wildman–Crippen MR) is 288 cm³/mol. The second kappa shape index (κ2) is 16.5. The van der Waals surface area contributed by atoms with Gasteiger partial charge in [0, 0.05) is 28.0 Å². The summed E-state index contributed by atoms with van der Waals surface area (Å²) < 4.78 is 6.20. The van der Waals surface area contributed by atoms with Gasteiger partial charge in [-0.15, -0.1) is 0 Å². The average molecular weight is 866 g/mol. The number of anilines is 3. The van der Waals surface area contributed by atoms with E-state index >= 15 is 0 Å². The number of benzene rings is 12. The van der Waals surface area contributed by atoms with Crippen molar-refractivity contribution >= 4 is 71.1 Å². The van der Waals surface area contributed by atoms with Crippen LogP contribution in [0.4, 0.5) is 17.1 Å². The predicted octanol–water partition coefficient (Wildman–Crippen LogP) is 18.9. The topological polar surface area (TPSA) is 16.4 Å². The van der Waals surface area contributed by atoms with E-state index in [0.717, 1.165) is 56.0 Å². The Morgan fingerprint density at radius 1 is 0.221 bits per heavy atom. The fourth-order valence-electron chi connectivity index (χ4n) is 10.1.